The summed E-state index contributed by atoms with van der Waals surface area (Å²) in [6.07, 6.45) is 6.26. The molecule has 1 aromatic rings. The lowest BCUT2D eigenvalue weighted by molar-refractivity contribution is -0.124. The largest absolute Gasteiger partial charge is 0.354 e. The van der Waals surface area contributed by atoms with E-state index in [0.717, 1.165) is 37.1 Å². The molecule has 116 valence electrons. The molecule has 2 heterocycles. The van der Waals surface area contributed by atoms with Crippen LogP contribution in [0.15, 0.2) is 17.5 Å². The van der Waals surface area contributed by atoms with Crippen LogP contribution in [0.3, 0.4) is 0 Å². The van der Waals surface area contributed by atoms with Gasteiger partial charge in [0, 0.05) is 13.1 Å². The molecule has 0 saturated carbocycles. The normalized spacial score (nSPS) is 18.0. The number of hydrogen-bond acceptors (Lipinski definition) is 3. The fourth-order valence-electron chi connectivity index (χ4n) is 2.71. The van der Waals surface area contributed by atoms with Gasteiger partial charge >= 0.3 is 0 Å². The SMILES string of the molecule is CCCCCCNC(=O)C1CCCN1C(=O)c1cccs1. The zero-order valence-electron chi connectivity index (χ0n) is 12.6. The molecule has 21 heavy (non-hydrogen) atoms. The molecule has 1 N–H and O–H groups in total. The van der Waals surface area contributed by atoms with Crippen LogP contribution in [0.25, 0.3) is 0 Å². The molecule has 0 aromatic carbocycles. The highest BCUT2D eigenvalue weighted by atomic mass is 32.1. The van der Waals surface area contributed by atoms with E-state index in [9.17, 15) is 9.59 Å². The molecule has 0 aliphatic carbocycles. The van der Waals surface area contributed by atoms with Gasteiger partial charge in [0.05, 0.1) is 4.88 Å². The molecule has 0 bridgehead atoms. The zero-order chi connectivity index (χ0) is 15.1. The van der Waals surface area contributed by atoms with Gasteiger partial charge in [-0.25, -0.2) is 0 Å². The maximum absolute atomic E-state index is 12.4. The van der Waals surface area contributed by atoms with E-state index in [1.807, 2.05) is 17.5 Å². The third-order valence-corrected chi connectivity index (χ3v) is 4.74. The van der Waals surface area contributed by atoms with Crippen molar-refractivity contribution in [1.29, 1.82) is 0 Å². The first kappa shape index (κ1) is 16.0. The maximum atomic E-state index is 12.4. The second-order valence-corrected chi connectivity index (χ2v) is 6.43. The number of carbonyl (C=O) groups is 2. The number of thiophene rings is 1. The summed E-state index contributed by atoms with van der Waals surface area (Å²) in [4.78, 5) is 27.1. The topological polar surface area (TPSA) is 49.4 Å². The van der Waals surface area contributed by atoms with Gasteiger partial charge in [-0.1, -0.05) is 32.3 Å². The second-order valence-electron chi connectivity index (χ2n) is 5.49. The summed E-state index contributed by atoms with van der Waals surface area (Å²) < 4.78 is 0. The smallest absolute Gasteiger partial charge is 0.264 e. The Morgan fingerprint density at radius 2 is 2.24 bits per heavy atom. The molecule has 1 atom stereocenters. The predicted octanol–water partition coefficient (Wildman–Crippen LogP) is 3.05. The lowest BCUT2D eigenvalue weighted by Crippen LogP contribution is -2.46. The van der Waals surface area contributed by atoms with Crippen LogP contribution in [-0.4, -0.2) is 35.8 Å². The van der Waals surface area contributed by atoms with Crippen molar-refractivity contribution >= 4 is 23.2 Å². The second kappa shape index (κ2) is 8.17. The van der Waals surface area contributed by atoms with Crippen LogP contribution in [0, 0.1) is 0 Å². The summed E-state index contributed by atoms with van der Waals surface area (Å²) in [6, 6.07) is 3.41. The van der Waals surface area contributed by atoms with E-state index in [0.29, 0.717) is 6.54 Å². The van der Waals surface area contributed by atoms with Gasteiger partial charge in [0.2, 0.25) is 5.91 Å². The quantitative estimate of drug-likeness (QED) is 0.787. The van der Waals surface area contributed by atoms with Gasteiger partial charge in [0.1, 0.15) is 6.04 Å². The standard InChI is InChI=1S/C16H24N2O2S/c1-2-3-4-5-10-17-15(19)13-8-6-11-18(13)16(20)14-9-7-12-21-14/h7,9,12-13H,2-6,8,10-11H2,1H3,(H,17,19). The highest BCUT2D eigenvalue weighted by Crippen LogP contribution is 2.22. The van der Waals surface area contributed by atoms with Crippen LogP contribution in [0.1, 0.15) is 55.1 Å². The van der Waals surface area contributed by atoms with E-state index in [4.69, 9.17) is 0 Å². The minimum atomic E-state index is -0.286. The van der Waals surface area contributed by atoms with Crippen molar-refractivity contribution in [2.24, 2.45) is 0 Å². The Labute approximate surface area is 130 Å². The number of unbranched alkanes of at least 4 members (excludes halogenated alkanes) is 3. The molecule has 1 saturated heterocycles. The first-order valence-electron chi connectivity index (χ1n) is 7.86. The molecular weight excluding hydrogens is 284 g/mol. The lowest BCUT2D eigenvalue weighted by Gasteiger charge is -2.23. The molecule has 1 aliphatic rings. The lowest BCUT2D eigenvalue weighted by atomic mass is 10.2. The Morgan fingerprint density at radius 3 is 2.95 bits per heavy atom. The van der Waals surface area contributed by atoms with Crippen molar-refractivity contribution in [3.05, 3.63) is 22.4 Å². The van der Waals surface area contributed by atoms with Crippen LogP contribution in [0.4, 0.5) is 0 Å². The molecule has 0 spiro atoms. The minimum Gasteiger partial charge on any atom is -0.354 e. The van der Waals surface area contributed by atoms with Gasteiger partial charge in [0.15, 0.2) is 0 Å². The summed E-state index contributed by atoms with van der Waals surface area (Å²) in [5, 5.41) is 4.88. The molecule has 2 rings (SSSR count). The molecule has 1 aromatic heterocycles. The van der Waals surface area contributed by atoms with Gasteiger partial charge in [-0.05, 0) is 30.7 Å². The van der Waals surface area contributed by atoms with Crippen molar-refractivity contribution in [3.8, 4) is 0 Å². The van der Waals surface area contributed by atoms with Crippen molar-refractivity contribution in [3.63, 3.8) is 0 Å². The van der Waals surface area contributed by atoms with E-state index in [1.165, 1.54) is 24.2 Å². The van der Waals surface area contributed by atoms with E-state index in [1.54, 1.807) is 4.90 Å². The van der Waals surface area contributed by atoms with Gasteiger partial charge in [0.25, 0.3) is 5.91 Å². The molecule has 1 fully saturated rings. The zero-order valence-corrected chi connectivity index (χ0v) is 13.5. The number of rotatable bonds is 7. The van der Waals surface area contributed by atoms with E-state index in [-0.39, 0.29) is 17.9 Å². The molecule has 0 radical (unpaired) electrons. The Hall–Kier alpha value is -1.36. The summed E-state index contributed by atoms with van der Waals surface area (Å²) in [6.45, 7) is 3.58. The van der Waals surface area contributed by atoms with Crippen LogP contribution in [0.5, 0.6) is 0 Å². The van der Waals surface area contributed by atoms with Crippen molar-refractivity contribution in [2.45, 2.75) is 51.5 Å². The Balaban J connectivity index is 1.83. The Bertz CT molecular complexity index is 459. The fraction of sp³-hybridized carbons (Fsp3) is 0.625. The van der Waals surface area contributed by atoms with Gasteiger partial charge in [-0.2, -0.15) is 0 Å². The fourth-order valence-corrected chi connectivity index (χ4v) is 3.38. The number of amides is 2. The number of nitrogens with one attached hydrogen (secondary N) is 1. The maximum Gasteiger partial charge on any atom is 0.264 e. The number of carbonyl (C=O) groups excluding carboxylic acids is 2. The third kappa shape index (κ3) is 4.30. The highest BCUT2D eigenvalue weighted by molar-refractivity contribution is 7.12. The number of likely N-dealkylation sites (tertiary alicyclic amines) is 1. The van der Waals surface area contributed by atoms with E-state index in [2.05, 4.69) is 12.2 Å². The van der Waals surface area contributed by atoms with E-state index >= 15 is 0 Å². The molecule has 4 nitrogen and oxygen atoms in total. The first-order chi connectivity index (χ1) is 10.2. The number of hydrogen-bond donors (Lipinski definition) is 1. The van der Waals surface area contributed by atoms with Crippen LogP contribution in [-0.2, 0) is 4.79 Å². The molecule has 1 unspecified atom stereocenters. The molecular formula is C16H24N2O2S. The van der Waals surface area contributed by atoms with Gasteiger partial charge in [-0.3, -0.25) is 9.59 Å². The van der Waals surface area contributed by atoms with Crippen molar-refractivity contribution in [1.82, 2.24) is 10.2 Å². The average Bonchev–Trinajstić information content (AvgIpc) is 3.17. The predicted molar refractivity (Wildman–Crippen MR) is 85.5 cm³/mol. The van der Waals surface area contributed by atoms with Gasteiger partial charge < -0.3 is 10.2 Å². The minimum absolute atomic E-state index is 0.00590. The Morgan fingerprint density at radius 1 is 1.38 bits per heavy atom. The summed E-state index contributed by atoms with van der Waals surface area (Å²) in [5.74, 6) is 0.00235. The van der Waals surface area contributed by atoms with Crippen LogP contribution >= 0.6 is 11.3 Å². The highest BCUT2D eigenvalue weighted by Gasteiger charge is 2.34. The van der Waals surface area contributed by atoms with Crippen LogP contribution < -0.4 is 5.32 Å². The van der Waals surface area contributed by atoms with E-state index < -0.39 is 0 Å². The molecule has 2 amide bonds. The summed E-state index contributed by atoms with van der Waals surface area (Å²) in [7, 11) is 0. The number of nitrogens with zero attached hydrogens (tertiary/aromatic N) is 1. The van der Waals surface area contributed by atoms with Gasteiger partial charge in [-0.15, -0.1) is 11.3 Å². The van der Waals surface area contributed by atoms with Crippen LogP contribution in [0.2, 0.25) is 0 Å². The third-order valence-electron chi connectivity index (χ3n) is 3.88. The van der Waals surface area contributed by atoms with Crippen molar-refractivity contribution < 1.29 is 9.59 Å². The monoisotopic (exact) mass is 308 g/mol. The summed E-state index contributed by atoms with van der Waals surface area (Å²) >= 11 is 1.44. The average molecular weight is 308 g/mol. The summed E-state index contributed by atoms with van der Waals surface area (Å²) in [5.41, 5.74) is 0. The molecule has 5 heteroatoms. The Kier molecular flexibility index (Phi) is 6.23. The first-order valence-corrected chi connectivity index (χ1v) is 8.74. The van der Waals surface area contributed by atoms with Crippen molar-refractivity contribution in [2.75, 3.05) is 13.1 Å². The molecule has 1 aliphatic heterocycles.